The van der Waals surface area contributed by atoms with E-state index in [1.165, 1.54) is 12.1 Å². The molecule has 0 spiro atoms. The summed E-state index contributed by atoms with van der Waals surface area (Å²) in [5.74, 6) is -3.00. The number of carbonyl (C=O) groups excluding carboxylic acids is 2. The van der Waals surface area contributed by atoms with Gasteiger partial charge in [-0.3, -0.25) is 9.59 Å². The van der Waals surface area contributed by atoms with Gasteiger partial charge in [0, 0.05) is 36.3 Å². The van der Waals surface area contributed by atoms with E-state index in [1.54, 1.807) is 17.0 Å². The highest BCUT2D eigenvalue weighted by Crippen LogP contribution is 2.37. The van der Waals surface area contributed by atoms with Crippen molar-refractivity contribution >= 4 is 33.0 Å². The maximum absolute atomic E-state index is 13.2. The summed E-state index contributed by atoms with van der Waals surface area (Å²) in [7, 11) is -3.72. The Balaban J connectivity index is 1.40. The van der Waals surface area contributed by atoms with Crippen molar-refractivity contribution in [2.75, 3.05) is 22.5 Å². The molecule has 1 aliphatic heterocycles. The van der Waals surface area contributed by atoms with E-state index in [1.807, 2.05) is 0 Å². The van der Waals surface area contributed by atoms with E-state index >= 15 is 0 Å². The summed E-state index contributed by atoms with van der Waals surface area (Å²) in [5, 5.41) is 2.36. The van der Waals surface area contributed by atoms with Crippen LogP contribution in [0.15, 0.2) is 41.3 Å². The van der Waals surface area contributed by atoms with Gasteiger partial charge in [0.2, 0.25) is 11.8 Å². The molecular weight excluding hydrogens is 414 g/mol. The number of hydrogen-bond donors (Lipinski definition) is 1. The van der Waals surface area contributed by atoms with E-state index < -0.39 is 33.1 Å². The first kappa shape index (κ1) is 20.5. The standard InChI is InChI=1S/C21H20F2N2O4S/c22-17-5-3-15(12-18(17)23)24-20(26)8-10-30(28,29)16-4-6-19-14(11-16)7-9-25(19)21(27)13-1-2-13/h3-6,11-13H,1-2,7-10H2,(H,24,26). The van der Waals surface area contributed by atoms with Gasteiger partial charge in [-0.15, -0.1) is 0 Å². The second-order valence-electron chi connectivity index (χ2n) is 7.55. The zero-order chi connectivity index (χ0) is 21.5. The fraction of sp³-hybridized carbons (Fsp3) is 0.333. The first-order valence-electron chi connectivity index (χ1n) is 9.66. The smallest absolute Gasteiger partial charge is 0.230 e. The molecule has 0 saturated heterocycles. The van der Waals surface area contributed by atoms with Crippen LogP contribution in [0, 0.1) is 17.6 Å². The van der Waals surface area contributed by atoms with Crippen LogP contribution in [0.5, 0.6) is 0 Å². The lowest BCUT2D eigenvalue weighted by molar-refractivity contribution is -0.119. The second-order valence-corrected chi connectivity index (χ2v) is 9.66. The van der Waals surface area contributed by atoms with Crippen LogP contribution in [0.1, 0.15) is 24.8 Å². The maximum atomic E-state index is 13.2. The van der Waals surface area contributed by atoms with E-state index in [4.69, 9.17) is 0 Å². The van der Waals surface area contributed by atoms with Crippen molar-refractivity contribution in [3.8, 4) is 0 Å². The summed E-state index contributed by atoms with van der Waals surface area (Å²) in [6.45, 7) is 0.546. The Hall–Kier alpha value is -2.81. The number of anilines is 2. The average molecular weight is 434 g/mol. The summed E-state index contributed by atoms with van der Waals surface area (Å²) in [4.78, 5) is 26.2. The molecule has 2 aromatic rings. The molecular formula is C21H20F2N2O4S. The van der Waals surface area contributed by atoms with Gasteiger partial charge in [-0.1, -0.05) is 0 Å². The lowest BCUT2D eigenvalue weighted by Gasteiger charge is -2.17. The number of halogens is 2. The first-order valence-corrected chi connectivity index (χ1v) is 11.3. The third kappa shape index (κ3) is 4.21. The molecule has 30 heavy (non-hydrogen) atoms. The minimum Gasteiger partial charge on any atom is -0.326 e. The van der Waals surface area contributed by atoms with Crippen molar-refractivity contribution in [2.24, 2.45) is 5.92 Å². The highest BCUT2D eigenvalue weighted by molar-refractivity contribution is 7.91. The predicted octanol–water partition coefficient (Wildman–Crippen LogP) is 3.07. The molecule has 2 aliphatic rings. The van der Waals surface area contributed by atoms with Crippen molar-refractivity contribution in [3.63, 3.8) is 0 Å². The van der Waals surface area contributed by atoms with Gasteiger partial charge in [0.15, 0.2) is 21.5 Å². The number of carbonyl (C=O) groups is 2. The molecule has 1 heterocycles. The number of nitrogens with one attached hydrogen (secondary N) is 1. The van der Waals surface area contributed by atoms with Crippen LogP contribution in [-0.2, 0) is 25.8 Å². The molecule has 4 rings (SSSR count). The molecule has 0 bridgehead atoms. The molecule has 9 heteroatoms. The summed E-state index contributed by atoms with van der Waals surface area (Å²) in [6, 6.07) is 7.58. The second kappa shape index (κ2) is 7.79. The van der Waals surface area contributed by atoms with Crippen LogP contribution in [-0.4, -0.2) is 32.5 Å². The van der Waals surface area contributed by atoms with E-state index in [0.29, 0.717) is 13.0 Å². The Morgan fingerprint density at radius 3 is 2.53 bits per heavy atom. The van der Waals surface area contributed by atoms with E-state index in [2.05, 4.69) is 5.32 Å². The van der Waals surface area contributed by atoms with E-state index in [0.717, 1.165) is 36.2 Å². The third-order valence-corrected chi connectivity index (χ3v) is 7.01. The Morgan fingerprint density at radius 2 is 1.83 bits per heavy atom. The lowest BCUT2D eigenvalue weighted by atomic mass is 10.2. The fourth-order valence-electron chi connectivity index (χ4n) is 3.49. The molecule has 1 saturated carbocycles. The van der Waals surface area contributed by atoms with Crippen LogP contribution in [0.25, 0.3) is 0 Å². The number of fused-ring (bicyclic) bond motifs is 1. The van der Waals surface area contributed by atoms with Gasteiger partial charge in [0.1, 0.15) is 0 Å². The van der Waals surface area contributed by atoms with Gasteiger partial charge in [-0.25, -0.2) is 17.2 Å². The molecule has 2 amide bonds. The number of sulfone groups is 1. The number of nitrogens with zero attached hydrogens (tertiary/aromatic N) is 1. The molecule has 0 atom stereocenters. The SMILES string of the molecule is O=C(CCS(=O)(=O)c1ccc2c(c1)CCN2C(=O)C1CC1)Nc1ccc(F)c(F)c1. The van der Waals surface area contributed by atoms with Gasteiger partial charge in [-0.2, -0.15) is 0 Å². The first-order chi connectivity index (χ1) is 14.2. The van der Waals surface area contributed by atoms with Crippen LogP contribution in [0.2, 0.25) is 0 Å². The number of rotatable bonds is 6. The summed E-state index contributed by atoms with van der Waals surface area (Å²) < 4.78 is 51.5. The highest BCUT2D eigenvalue weighted by atomic mass is 32.2. The van der Waals surface area contributed by atoms with Crippen molar-refractivity contribution in [1.82, 2.24) is 0 Å². The Morgan fingerprint density at radius 1 is 1.07 bits per heavy atom. The molecule has 2 aromatic carbocycles. The minimum absolute atomic E-state index is 0.0502. The number of benzene rings is 2. The summed E-state index contributed by atoms with van der Waals surface area (Å²) in [5.41, 5.74) is 1.60. The molecule has 6 nitrogen and oxygen atoms in total. The van der Waals surface area contributed by atoms with E-state index in [-0.39, 0.29) is 28.8 Å². The van der Waals surface area contributed by atoms with Crippen LogP contribution < -0.4 is 10.2 Å². The predicted molar refractivity (Wildman–Crippen MR) is 107 cm³/mol. The minimum atomic E-state index is -3.72. The zero-order valence-corrected chi connectivity index (χ0v) is 16.8. The summed E-state index contributed by atoms with van der Waals surface area (Å²) in [6.07, 6.45) is 2.08. The third-order valence-electron chi connectivity index (χ3n) is 5.30. The van der Waals surface area contributed by atoms with Crippen LogP contribution in [0.4, 0.5) is 20.2 Å². The molecule has 1 aliphatic carbocycles. The van der Waals surface area contributed by atoms with Gasteiger partial charge < -0.3 is 10.2 Å². The largest absolute Gasteiger partial charge is 0.326 e. The normalized spacial score (nSPS) is 15.7. The Bertz CT molecular complexity index is 1130. The zero-order valence-electron chi connectivity index (χ0n) is 16.0. The topological polar surface area (TPSA) is 83.6 Å². The van der Waals surface area contributed by atoms with Gasteiger partial charge in [0.25, 0.3) is 0 Å². The van der Waals surface area contributed by atoms with Crippen molar-refractivity contribution in [2.45, 2.75) is 30.6 Å². The van der Waals surface area contributed by atoms with Gasteiger partial charge in [-0.05, 0) is 55.2 Å². The van der Waals surface area contributed by atoms with Crippen LogP contribution in [0.3, 0.4) is 0 Å². The number of hydrogen-bond acceptors (Lipinski definition) is 4. The molecule has 0 unspecified atom stereocenters. The maximum Gasteiger partial charge on any atom is 0.230 e. The van der Waals surface area contributed by atoms with E-state index in [9.17, 15) is 26.8 Å². The molecule has 0 aromatic heterocycles. The lowest BCUT2D eigenvalue weighted by Crippen LogP contribution is -2.30. The van der Waals surface area contributed by atoms with Crippen molar-refractivity contribution in [3.05, 3.63) is 53.6 Å². The molecule has 1 fully saturated rings. The van der Waals surface area contributed by atoms with Crippen molar-refractivity contribution in [1.29, 1.82) is 0 Å². The monoisotopic (exact) mass is 434 g/mol. The van der Waals surface area contributed by atoms with Gasteiger partial charge >= 0.3 is 0 Å². The molecule has 158 valence electrons. The van der Waals surface area contributed by atoms with Crippen LogP contribution >= 0.6 is 0 Å². The summed E-state index contributed by atoms with van der Waals surface area (Å²) >= 11 is 0. The average Bonchev–Trinajstić information content (AvgIpc) is 3.48. The number of amides is 2. The van der Waals surface area contributed by atoms with Gasteiger partial charge in [0.05, 0.1) is 10.6 Å². The molecule has 1 N–H and O–H groups in total. The van der Waals surface area contributed by atoms with Crippen molar-refractivity contribution < 1.29 is 26.8 Å². The Labute approximate surface area is 172 Å². The fourth-order valence-corrected chi connectivity index (χ4v) is 4.78. The highest BCUT2D eigenvalue weighted by Gasteiger charge is 2.36. The quantitative estimate of drug-likeness (QED) is 0.758. The Kier molecular flexibility index (Phi) is 5.31. The molecule has 0 radical (unpaired) electrons.